The van der Waals surface area contributed by atoms with Crippen LogP contribution in [0.25, 0.3) is 22.5 Å². The molecule has 0 saturated heterocycles. The molecule has 0 unspecified atom stereocenters. The molecule has 3 heterocycles. The summed E-state index contributed by atoms with van der Waals surface area (Å²) in [7, 11) is 0. The van der Waals surface area contributed by atoms with Crippen LogP contribution in [0.5, 0.6) is 0 Å². The summed E-state index contributed by atoms with van der Waals surface area (Å²) in [6, 6.07) is 20.7. The minimum atomic E-state index is 0.550. The molecule has 0 saturated carbocycles. The maximum absolute atomic E-state index is 4.82. The van der Waals surface area contributed by atoms with E-state index in [4.69, 9.17) is 10.1 Å². The second-order valence-corrected chi connectivity index (χ2v) is 7.87. The van der Waals surface area contributed by atoms with Crippen molar-refractivity contribution in [1.29, 1.82) is 0 Å². The molecule has 0 radical (unpaired) electrons. The van der Waals surface area contributed by atoms with Crippen molar-refractivity contribution in [2.45, 2.75) is 32.7 Å². The zero-order chi connectivity index (χ0) is 22.5. The van der Waals surface area contributed by atoms with Crippen LogP contribution in [0.2, 0.25) is 0 Å². The number of aromatic nitrogens is 8. The van der Waals surface area contributed by atoms with E-state index in [2.05, 4.69) is 68.9 Å². The fourth-order valence-corrected chi connectivity index (χ4v) is 3.87. The number of benzene rings is 2. The van der Waals surface area contributed by atoms with E-state index in [1.807, 2.05) is 35.1 Å². The Hall–Kier alpha value is -4.20. The Labute approximate surface area is 191 Å². The average molecular weight is 437 g/mol. The largest absolute Gasteiger partial charge is 0.264 e. The molecule has 0 spiro atoms. The third-order valence-electron chi connectivity index (χ3n) is 5.48. The molecule has 0 aliphatic rings. The first-order valence-electron chi connectivity index (χ1n) is 11.0. The Morgan fingerprint density at radius 2 is 1.76 bits per heavy atom. The number of hydrogen-bond donors (Lipinski definition) is 1. The molecule has 5 aromatic rings. The summed E-state index contributed by atoms with van der Waals surface area (Å²) in [5, 5.41) is 19.2. The van der Waals surface area contributed by atoms with Gasteiger partial charge in [0.25, 0.3) is 0 Å². The second-order valence-electron chi connectivity index (χ2n) is 7.87. The predicted molar refractivity (Wildman–Crippen MR) is 125 cm³/mol. The molecule has 5 rings (SSSR count). The number of aryl methyl sites for hydroxylation is 1. The van der Waals surface area contributed by atoms with Crippen LogP contribution in [0.3, 0.4) is 0 Å². The first-order valence-corrected chi connectivity index (χ1v) is 11.0. The monoisotopic (exact) mass is 436 g/mol. The van der Waals surface area contributed by atoms with Gasteiger partial charge >= 0.3 is 0 Å². The lowest BCUT2D eigenvalue weighted by atomic mass is 10.0. The molecule has 0 aliphatic carbocycles. The van der Waals surface area contributed by atoms with Gasteiger partial charge in [0, 0.05) is 36.4 Å². The van der Waals surface area contributed by atoms with E-state index >= 15 is 0 Å². The van der Waals surface area contributed by atoms with Crippen molar-refractivity contribution in [2.75, 3.05) is 0 Å². The van der Waals surface area contributed by atoms with Gasteiger partial charge in [-0.15, -0.1) is 10.2 Å². The molecule has 0 aliphatic heterocycles. The van der Waals surface area contributed by atoms with Crippen LogP contribution in [-0.4, -0.2) is 40.4 Å². The second kappa shape index (κ2) is 9.52. The van der Waals surface area contributed by atoms with Gasteiger partial charge in [-0.3, -0.25) is 4.98 Å². The molecule has 0 bridgehead atoms. The smallest absolute Gasteiger partial charge is 0.205 e. The molecule has 0 amide bonds. The third kappa shape index (κ3) is 4.69. The molecule has 0 atom stereocenters. The van der Waals surface area contributed by atoms with Crippen LogP contribution in [0.1, 0.15) is 36.1 Å². The van der Waals surface area contributed by atoms with Crippen molar-refractivity contribution in [3.05, 3.63) is 95.8 Å². The normalized spacial score (nSPS) is 11.1. The molecule has 0 fully saturated rings. The Bertz CT molecular complexity index is 1310. The van der Waals surface area contributed by atoms with E-state index in [-0.39, 0.29) is 0 Å². The number of nitrogens with one attached hydrogen (secondary N) is 1. The minimum Gasteiger partial charge on any atom is -0.264 e. The van der Waals surface area contributed by atoms with Crippen molar-refractivity contribution < 1.29 is 0 Å². The highest BCUT2D eigenvalue weighted by Crippen LogP contribution is 2.29. The molecular weight excluding hydrogens is 412 g/mol. The van der Waals surface area contributed by atoms with Gasteiger partial charge in [-0.2, -0.15) is 10.3 Å². The van der Waals surface area contributed by atoms with Crippen molar-refractivity contribution in [1.82, 2.24) is 40.4 Å². The molecule has 8 nitrogen and oxygen atoms in total. The summed E-state index contributed by atoms with van der Waals surface area (Å²) in [6.45, 7) is 2.85. The van der Waals surface area contributed by atoms with Crippen molar-refractivity contribution in [3.8, 4) is 22.5 Å². The number of aromatic amines is 1. The molecule has 8 heteroatoms. The highest BCUT2D eigenvalue weighted by molar-refractivity contribution is 5.79. The van der Waals surface area contributed by atoms with Crippen LogP contribution in [0.4, 0.5) is 0 Å². The van der Waals surface area contributed by atoms with E-state index < -0.39 is 0 Å². The molecule has 3 aromatic heterocycles. The topological polar surface area (TPSA) is 98.1 Å². The predicted octanol–water partition coefficient (Wildman–Crippen LogP) is 4.11. The van der Waals surface area contributed by atoms with Gasteiger partial charge < -0.3 is 0 Å². The highest BCUT2D eigenvalue weighted by atomic mass is 15.5. The minimum absolute atomic E-state index is 0.550. The van der Waals surface area contributed by atoms with E-state index in [0.717, 1.165) is 53.2 Å². The van der Waals surface area contributed by atoms with Crippen LogP contribution < -0.4 is 0 Å². The van der Waals surface area contributed by atoms with Crippen molar-refractivity contribution >= 4 is 0 Å². The number of H-pyrrole nitrogens is 1. The van der Waals surface area contributed by atoms with Gasteiger partial charge in [0.05, 0.1) is 6.54 Å². The van der Waals surface area contributed by atoms with Crippen LogP contribution in [0.15, 0.2) is 73.1 Å². The van der Waals surface area contributed by atoms with E-state index in [1.54, 1.807) is 6.20 Å². The van der Waals surface area contributed by atoms with E-state index in [0.29, 0.717) is 12.4 Å². The standard InChI is InChI=1S/C25H24N8/c1-2-6-24-27-23(15-18-7-4-3-5-8-18)30-33(24)17-19-9-11-20(12-10-19)22-16-26-14-13-21(22)25-28-31-32-29-25/h3-5,7-14,16H,2,6,15,17H2,1H3,(H,28,29,31,32). The van der Waals surface area contributed by atoms with Crippen LogP contribution >= 0.6 is 0 Å². The van der Waals surface area contributed by atoms with Gasteiger partial charge in [-0.25, -0.2) is 9.67 Å². The first-order chi connectivity index (χ1) is 16.3. The van der Waals surface area contributed by atoms with Crippen molar-refractivity contribution in [3.63, 3.8) is 0 Å². The van der Waals surface area contributed by atoms with Crippen LogP contribution in [0, 0.1) is 0 Å². The quantitative estimate of drug-likeness (QED) is 0.393. The summed E-state index contributed by atoms with van der Waals surface area (Å²) in [4.78, 5) is 9.10. The maximum Gasteiger partial charge on any atom is 0.205 e. The number of rotatable bonds is 8. The molecule has 1 N–H and O–H groups in total. The van der Waals surface area contributed by atoms with Crippen LogP contribution in [-0.2, 0) is 19.4 Å². The number of nitrogens with zero attached hydrogens (tertiary/aromatic N) is 7. The van der Waals surface area contributed by atoms with Gasteiger partial charge in [0.2, 0.25) is 5.82 Å². The fourth-order valence-electron chi connectivity index (χ4n) is 3.87. The van der Waals surface area contributed by atoms with Gasteiger partial charge in [-0.1, -0.05) is 61.5 Å². The summed E-state index contributed by atoms with van der Waals surface area (Å²) in [6.07, 6.45) is 6.24. The lowest BCUT2D eigenvalue weighted by molar-refractivity contribution is 0.626. The lowest BCUT2D eigenvalue weighted by Gasteiger charge is -2.09. The highest BCUT2D eigenvalue weighted by Gasteiger charge is 2.13. The summed E-state index contributed by atoms with van der Waals surface area (Å²) in [5.41, 5.74) is 5.28. The van der Waals surface area contributed by atoms with E-state index in [1.165, 1.54) is 5.56 Å². The van der Waals surface area contributed by atoms with Gasteiger partial charge in [0.15, 0.2) is 5.82 Å². The lowest BCUT2D eigenvalue weighted by Crippen LogP contribution is -2.07. The molecule has 2 aromatic carbocycles. The molecule has 33 heavy (non-hydrogen) atoms. The van der Waals surface area contributed by atoms with Crippen molar-refractivity contribution in [2.24, 2.45) is 0 Å². The Morgan fingerprint density at radius 1 is 0.909 bits per heavy atom. The first kappa shape index (κ1) is 20.7. The summed E-state index contributed by atoms with van der Waals surface area (Å²) >= 11 is 0. The van der Waals surface area contributed by atoms with Gasteiger partial charge in [-0.05, 0) is 34.4 Å². The molecule has 164 valence electrons. The number of tetrazole rings is 1. The summed E-state index contributed by atoms with van der Waals surface area (Å²) in [5.74, 6) is 2.44. The average Bonchev–Trinajstić information content (AvgIpc) is 3.51. The molecular formula is C25H24N8. The zero-order valence-electron chi connectivity index (χ0n) is 18.4. The Morgan fingerprint density at radius 3 is 2.52 bits per heavy atom. The SMILES string of the molecule is CCCc1nc(Cc2ccccc2)nn1Cc1ccc(-c2cnccc2-c2nn[nH]n2)cc1. The maximum atomic E-state index is 4.82. The van der Waals surface area contributed by atoms with E-state index in [9.17, 15) is 0 Å². The zero-order valence-corrected chi connectivity index (χ0v) is 18.4. The van der Waals surface area contributed by atoms with Gasteiger partial charge in [0.1, 0.15) is 5.82 Å². The summed E-state index contributed by atoms with van der Waals surface area (Å²) < 4.78 is 2.03. The fraction of sp³-hybridized carbons (Fsp3) is 0.200. The Balaban J connectivity index is 1.38. The third-order valence-corrected chi connectivity index (χ3v) is 5.48. The number of hydrogen-bond acceptors (Lipinski definition) is 6. The Kier molecular flexibility index (Phi) is 5.97. The number of pyridine rings is 1.